The quantitative estimate of drug-likeness (QED) is 0.592. The van der Waals surface area contributed by atoms with E-state index in [-0.39, 0.29) is 23.2 Å². The number of fused-ring (bicyclic) bond motifs is 3. The molecule has 1 aromatic heterocycles. The molecule has 0 aliphatic heterocycles. The third-order valence-corrected chi connectivity index (χ3v) is 5.92. The molecule has 0 bridgehead atoms. The highest BCUT2D eigenvalue weighted by Gasteiger charge is 2.49. The van der Waals surface area contributed by atoms with Crippen molar-refractivity contribution in [3.63, 3.8) is 0 Å². The summed E-state index contributed by atoms with van der Waals surface area (Å²) in [4.78, 5) is 25.8. The lowest BCUT2D eigenvalue weighted by Crippen LogP contribution is -2.46. The van der Waals surface area contributed by atoms with Gasteiger partial charge in [-0.3, -0.25) is 9.79 Å². The first-order valence-electron chi connectivity index (χ1n) is 9.32. The van der Waals surface area contributed by atoms with Crippen LogP contribution in [0.25, 0.3) is 5.57 Å². The number of aliphatic imine (C=N–C) groups is 1. The average Bonchev–Trinajstić information content (AvgIpc) is 2.71. The Balaban J connectivity index is 2.27. The SMILES string of the molecule is C=N/C=C\C(=C/C)c1nc(OC)c2c(n1)[C@@]1(C)C=C(C#N)C(=O)[C@@H](C)[C@@H]1CC2. The minimum absolute atomic E-state index is 0.0798. The molecule has 0 amide bonds. The summed E-state index contributed by atoms with van der Waals surface area (Å²) in [6.07, 6.45) is 8.63. The molecular weight excluding hydrogens is 352 g/mol. The van der Waals surface area contributed by atoms with Gasteiger partial charge in [-0.15, -0.1) is 0 Å². The van der Waals surface area contributed by atoms with Crippen molar-refractivity contribution in [2.24, 2.45) is 16.8 Å². The molecule has 0 spiro atoms. The molecule has 0 saturated heterocycles. The first-order valence-corrected chi connectivity index (χ1v) is 9.32. The van der Waals surface area contributed by atoms with Gasteiger partial charge in [0.25, 0.3) is 0 Å². The second-order valence-electron chi connectivity index (χ2n) is 7.38. The normalized spacial score (nSPS) is 26.9. The Labute approximate surface area is 165 Å². The van der Waals surface area contributed by atoms with Crippen LogP contribution in [-0.4, -0.2) is 29.6 Å². The third kappa shape index (κ3) is 2.97. The van der Waals surface area contributed by atoms with Crippen LogP contribution in [-0.2, 0) is 16.6 Å². The lowest BCUT2D eigenvalue weighted by molar-refractivity contribution is -0.121. The highest BCUT2D eigenvalue weighted by Crippen LogP contribution is 2.50. The van der Waals surface area contributed by atoms with Crippen molar-refractivity contribution in [1.82, 2.24) is 9.97 Å². The van der Waals surface area contributed by atoms with Crippen molar-refractivity contribution in [3.05, 3.63) is 47.1 Å². The van der Waals surface area contributed by atoms with E-state index in [9.17, 15) is 10.1 Å². The van der Waals surface area contributed by atoms with Crippen LogP contribution in [0.4, 0.5) is 0 Å². The van der Waals surface area contributed by atoms with Crippen molar-refractivity contribution in [3.8, 4) is 11.9 Å². The Morgan fingerprint density at radius 1 is 1.50 bits per heavy atom. The fourth-order valence-electron chi connectivity index (χ4n) is 4.47. The lowest BCUT2D eigenvalue weighted by atomic mass is 9.58. The molecule has 3 atom stereocenters. The maximum Gasteiger partial charge on any atom is 0.220 e. The molecule has 0 N–H and O–H groups in total. The number of methoxy groups -OCH3 is 1. The molecule has 28 heavy (non-hydrogen) atoms. The summed E-state index contributed by atoms with van der Waals surface area (Å²) >= 11 is 0. The zero-order chi connectivity index (χ0) is 20.5. The van der Waals surface area contributed by atoms with Crippen molar-refractivity contribution < 1.29 is 9.53 Å². The van der Waals surface area contributed by atoms with Crippen LogP contribution >= 0.6 is 0 Å². The monoisotopic (exact) mass is 376 g/mol. The van der Waals surface area contributed by atoms with E-state index in [0.29, 0.717) is 11.7 Å². The number of carbonyl (C=O) groups excluding carboxylic acids is 1. The zero-order valence-electron chi connectivity index (χ0n) is 16.7. The smallest absolute Gasteiger partial charge is 0.220 e. The summed E-state index contributed by atoms with van der Waals surface area (Å²) in [5.41, 5.74) is 2.25. The van der Waals surface area contributed by atoms with Crippen molar-refractivity contribution in [2.45, 2.75) is 39.0 Å². The zero-order valence-corrected chi connectivity index (χ0v) is 16.7. The number of nitriles is 1. The molecule has 0 fully saturated rings. The van der Waals surface area contributed by atoms with E-state index >= 15 is 0 Å². The van der Waals surface area contributed by atoms with Gasteiger partial charge in [0.15, 0.2) is 11.6 Å². The van der Waals surface area contributed by atoms with E-state index in [2.05, 4.69) is 29.7 Å². The number of rotatable bonds is 4. The number of hydrogen-bond acceptors (Lipinski definition) is 6. The molecule has 0 radical (unpaired) electrons. The van der Waals surface area contributed by atoms with Gasteiger partial charge in [-0.1, -0.05) is 26.0 Å². The number of ketones is 1. The predicted molar refractivity (Wildman–Crippen MR) is 108 cm³/mol. The van der Waals surface area contributed by atoms with E-state index in [1.165, 1.54) is 0 Å². The van der Waals surface area contributed by atoms with Crippen LogP contribution in [0.1, 0.15) is 44.3 Å². The van der Waals surface area contributed by atoms with E-state index < -0.39 is 5.41 Å². The Morgan fingerprint density at radius 2 is 2.25 bits per heavy atom. The van der Waals surface area contributed by atoms with Gasteiger partial charge in [-0.05, 0) is 38.5 Å². The Bertz CT molecular complexity index is 967. The number of ether oxygens (including phenoxy) is 1. The van der Waals surface area contributed by atoms with Crippen molar-refractivity contribution in [1.29, 1.82) is 5.26 Å². The summed E-state index contributed by atoms with van der Waals surface area (Å²) < 4.78 is 5.59. The van der Waals surface area contributed by atoms with Crippen LogP contribution in [0.3, 0.4) is 0 Å². The van der Waals surface area contributed by atoms with Gasteiger partial charge in [0, 0.05) is 28.7 Å². The molecule has 1 aromatic rings. The Hall–Kier alpha value is -3.07. The first-order chi connectivity index (χ1) is 13.4. The highest BCUT2D eigenvalue weighted by atomic mass is 16.5. The van der Waals surface area contributed by atoms with Crippen molar-refractivity contribution in [2.75, 3.05) is 7.11 Å². The molecule has 0 unspecified atom stereocenters. The first kappa shape index (κ1) is 19.7. The molecule has 144 valence electrons. The van der Waals surface area contributed by atoms with Crippen molar-refractivity contribution >= 4 is 18.1 Å². The average molecular weight is 376 g/mol. The van der Waals surface area contributed by atoms with Crippen LogP contribution in [0.5, 0.6) is 5.88 Å². The Morgan fingerprint density at radius 3 is 2.86 bits per heavy atom. The second-order valence-corrected chi connectivity index (χ2v) is 7.38. The van der Waals surface area contributed by atoms with Crippen LogP contribution in [0.2, 0.25) is 0 Å². The maximum atomic E-state index is 12.5. The standard InChI is InChI=1S/C22H24N4O2/c1-6-14(9-10-24-4)20-25-19-16(21(26-20)28-5)7-8-17-13(2)18(27)15(12-23)11-22(17,19)3/h6,9-11,13,17H,4,7-8H2,1-3,5H3/b10-9-,14-6+/t13-,17-,22-/m0/s1. The molecule has 0 aromatic carbocycles. The Kier molecular flexibility index (Phi) is 5.28. The molecule has 6 nitrogen and oxygen atoms in total. The summed E-state index contributed by atoms with van der Waals surface area (Å²) in [5, 5.41) is 9.48. The van der Waals surface area contributed by atoms with E-state index in [1.54, 1.807) is 25.5 Å². The fraction of sp³-hybridized carbons (Fsp3) is 0.409. The topological polar surface area (TPSA) is 88.2 Å². The fourth-order valence-corrected chi connectivity index (χ4v) is 4.47. The third-order valence-electron chi connectivity index (χ3n) is 5.92. The van der Waals surface area contributed by atoms with E-state index in [1.807, 2.05) is 19.9 Å². The van der Waals surface area contributed by atoms with E-state index in [0.717, 1.165) is 29.7 Å². The number of aromatic nitrogens is 2. The van der Waals surface area contributed by atoms with Crippen LogP contribution in [0, 0.1) is 23.2 Å². The number of nitrogens with zero attached hydrogens (tertiary/aromatic N) is 4. The van der Waals surface area contributed by atoms with Gasteiger partial charge >= 0.3 is 0 Å². The molecule has 2 aliphatic carbocycles. The number of allylic oxidation sites excluding steroid dienone is 5. The second kappa shape index (κ2) is 7.51. The molecule has 0 saturated carbocycles. The number of carbonyl (C=O) groups is 1. The van der Waals surface area contributed by atoms with E-state index in [4.69, 9.17) is 9.72 Å². The highest BCUT2D eigenvalue weighted by molar-refractivity contribution is 6.02. The molecule has 1 heterocycles. The lowest BCUT2D eigenvalue weighted by Gasteiger charge is -2.45. The molecule has 3 rings (SSSR count). The van der Waals surface area contributed by atoms with Gasteiger partial charge in [0.2, 0.25) is 5.88 Å². The van der Waals surface area contributed by atoms with Crippen LogP contribution in [0.15, 0.2) is 35.0 Å². The minimum Gasteiger partial charge on any atom is -0.481 e. The summed E-state index contributed by atoms with van der Waals surface area (Å²) in [6.45, 7) is 9.33. The number of hydrogen-bond donors (Lipinski definition) is 0. The van der Waals surface area contributed by atoms with Gasteiger partial charge in [0.1, 0.15) is 6.07 Å². The maximum absolute atomic E-state index is 12.5. The molecule has 2 aliphatic rings. The predicted octanol–water partition coefficient (Wildman–Crippen LogP) is 3.59. The minimum atomic E-state index is -0.532. The number of Topliss-reactive ketones (excluding diaryl/α,β-unsaturated/α-hetero) is 1. The van der Waals surface area contributed by atoms with Gasteiger partial charge < -0.3 is 4.74 Å². The molecule has 6 heteroatoms. The summed E-state index contributed by atoms with van der Waals surface area (Å²) in [5.74, 6) is 0.834. The summed E-state index contributed by atoms with van der Waals surface area (Å²) in [7, 11) is 1.60. The molecular formula is C22H24N4O2. The van der Waals surface area contributed by atoms with Gasteiger partial charge in [-0.2, -0.15) is 10.2 Å². The largest absolute Gasteiger partial charge is 0.481 e. The van der Waals surface area contributed by atoms with Crippen LogP contribution < -0.4 is 4.74 Å². The summed E-state index contributed by atoms with van der Waals surface area (Å²) in [6, 6.07) is 2.07. The van der Waals surface area contributed by atoms with Gasteiger partial charge in [-0.25, -0.2) is 4.98 Å². The van der Waals surface area contributed by atoms with Gasteiger partial charge in [0.05, 0.1) is 18.4 Å².